The molecule has 0 saturated heterocycles. The maximum absolute atomic E-state index is 13.9. The SMILES string of the molecule is C[C@]1(C(=O)Nc2ccc(Cl)cc2)CC[C@]12CC[C@H](c1ccnc3ccc(F)cc31)CC2. The number of nitrogens with zero attached hydrogens (tertiary/aromatic N) is 1. The van der Waals surface area contributed by atoms with Gasteiger partial charge in [-0.05, 0) is 104 Å². The van der Waals surface area contributed by atoms with Crippen LogP contribution in [-0.2, 0) is 4.79 Å². The molecule has 2 fully saturated rings. The average molecular weight is 437 g/mol. The van der Waals surface area contributed by atoms with Crippen LogP contribution in [0.5, 0.6) is 0 Å². The topological polar surface area (TPSA) is 42.0 Å². The number of fused-ring (bicyclic) bond motifs is 1. The highest BCUT2D eigenvalue weighted by Gasteiger charge is 2.60. The van der Waals surface area contributed by atoms with Crippen LogP contribution in [-0.4, -0.2) is 10.9 Å². The number of pyridine rings is 1. The molecule has 0 radical (unpaired) electrons. The highest BCUT2D eigenvalue weighted by atomic mass is 35.5. The molecule has 160 valence electrons. The van der Waals surface area contributed by atoms with Crippen LogP contribution in [0.4, 0.5) is 10.1 Å². The molecule has 0 bridgehead atoms. The lowest BCUT2D eigenvalue weighted by atomic mass is 9.44. The third kappa shape index (κ3) is 3.41. The second-order valence-corrected chi connectivity index (χ2v) is 9.85. The fraction of sp³-hybridized carbons (Fsp3) is 0.385. The summed E-state index contributed by atoms with van der Waals surface area (Å²) in [6.07, 6.45) is 7.89. The lowest BCUT2D eigenvalue weighted by Crippen LogP contribution is -2.57. The van der Waals surface area contributed by atoms with Crippen LogP contribution < -0.4 is 5.32 Å². The highest BCUT2D eigenvalue weighted by Crippen LogP contribution is 2.65. The summed E-state index contributed by atoms with van der Waals surface area (Å²) in [5.41, 5.74) is 2.51. The van der Waals surface area contributed by atoms with Gasteiger partial charge in [-0.1, -0.05) is 18.5 Å². The quantitative estimate of drug-likeness (QED) is 0.475. The van der Waals surface area contributed by atoms with Gasteiger partial charge < -0.3 is 5.32 Å². The first kappa shape index (κ1) is 20.4. The zero-order valence-corrected chi connectivity index (χ0v) is 18.4. The van der Waals surface area contributed by atoms with E-state index in [1.54, 1.807) is 24.3 Å². The van der Waals surface area contributed by atoms with E-state index >= 15 is 0 Å². The van der Waals surface area contributed by atoms with Crippen molar-refractivity contribution in [1.82, 2.24) is 4.98 Å². The molecule has 1 aromatic heterocycles. The second-order valence-electron chi connectivity index (χ2n) is 9.41. The lowest BCUT2D eigenvalue weighted by molar-refractivity contribution is -0.153. The molecule has 31 heavy (non-hydrogen) atoms. The Hall–Kier alpha value is -2.46. The van der Waals surface area contributed by atoms with Crippen LogP contribution in [0, 0.1) is 16.6 Å². The zero-order chi connectivity index (χ0) is 21.6. The molecule has 2 aromatic carbocycles. The van der Waals surface area contributed by atoms with E-state index in [0.29, 0.717) is 10.9 Å². The number of carbonyl (C=O) groups excluding carboxylic acids is 1. The van der Waals surface area contributed by atoms with Crippen molar-refractivity contribution in [1.29, 1.82) is 0 Å². The Morgan fingerprint density at radius 1 is 1.06 bits per heavy atom. The first-order valence-electron chi connectivity index (χ1n) is 11.0. The van der Waals surface area contributed by atoms with Crippen LogP contribution >= 0.6 is 11.6 Å². The Labute approximate surface area is 187 Å². The van der Waals surface area contributed by atoms with Crippen molar-refractivity contribution in [2.75, 3.05) is 5.32 Å². The molecule has 5 rings (SSSR count). The Morgan fingerprint density at radius 2 is 1.81 bits per heavy atom. The van der Waals surface area contributed by atoms with Crippen molar-refractivity contribution in [2.45, 2.75) is 51.4 Å². The van der Waals surface area contributed by atoms with Crippen molar-refractivity contribution in [3.05, 3.63) is 71.1 Å². The van der Waals surface area contributed by atoms with Crippen molar-refractivity contribution < 1.29 is 9.18 Å². The highest BCUT2D eigenvalue weighted by molar-refractivity contribution is 6.30. The number of benzene rings is 2. The Morgan fingerprint density at radius 3 is 2.48 bits per heavy atom. The molecule has 3 nitrogen and oxygen atoms in total. The normalized spacial score (nSPS) is 27.8. The number of nitrogens with one attached hydrogen (secondary N) is 1. The number of halogens is 2. The predicted octanol–water partition coefficient (Wildman–Crippen LogP) is 7.11. The average Bonchev–Trinajstić information content (AvgIpc) is 2.79. The third-order valence-electron chi connectivity index (χ3n) is 8.00. The number of amides is 1. The molecular weight excluding hydrogens is 411 g/mol. The summed E-state index contributed by atoms with van der Waals surface area (Å²) in [7, 11) is 0. The molecule has 1 N–H and O–H groups in total. The Balaban J connectivity index is 1.33. The zero-order valence-electron chi connectivity index (χ0n) is 17.6. The van der Waals surface area contributed by atoms with Crippen molar-refractivity contribution >= 4 is 34.1 Å². The maximum atomic E-state index is 13.9. The van der Waals surface area contributed by atoms with Gasteiger partial charge in [0.1, 0.15) is 5.82 Å². The second kappa shape index (κ2) is 7.59. The van der Waals surface area contributed by atoms with Crippen molar-refractivity contribution in [3.8, 4) is 0 Å². The summed E-state index contributed by atoms with van der Waals surface area (Å²) >= 11 is 5.96. The molecule has 2 saturated carbocycles. The van der Waals surface area contributed by atoms with Gasteiger partial charge >= 0.3 is 0 Å². The van der Waals surface area contributed by atoms with E-state index < -0.39 is 0 Å². The van der Waals surface area contributed by atoms with Crippen molar-refractivity contribution in [2.24, 2.45) is 10.8 Å². The monoisotopic (exact) mass is 436 g/mol. The van der Waals surface area contributed by atoms with Crippen LogP contribution in [0.2, 0.25) is 5.02 Å². The molecule has 5 heteroatoms. The van der Waals surface area contributed by atoms with Gasteiger partial charge in [-0.3, -0.25) is 9.78 Å². The Bertz CT molecular complexity index is 1140. The number of anilines is 1. The van der Waals surface area contributed by atoms with E-state index in [1.165, 1.54) is 11.6 Å². The number of hydrogen-bond acceptors (Lipinski definition) is 2. The largest absolute Gasteiger partial charge is 0.326 e. The molecule has 0 aliphatic heterocycles. The van der Waals surface area contributed by atoms with E-state index in [-0.39, 0.29) is 22.6 Å². The first-order valence-corrected chi connectivity index (χ1v) is 11.4. The predicted molar refractivity (Wildman–Crippen MR) is 123 cm³/mol. The number of rotatable bonds is 3. The van der Waals surface area contributed by atoms with Gasteiger partial charge in [-0.15, -0.1) is 0 Å². The molecule has 3 aromatic rings. The van der Waals surface area contributed by atoms with Gasteiger partial charge in [-0.25, -0.2) is 4.39 Å². The smallest absolute Gasteiger partial charge is 0.230 e. The van der Waals surface area contributed by atoms with Gasteiger partial charge in [-0.2, -0.15) is 0 Å². The van der Waals surface area contributed by atoms with Gasteiger partial charge in [0.05, 0.1) is 10.9 Å². The molecule has 2 aliphatic carbocycles. The van der Waals surface area contributed by atoms with E-state index in [9.17, 15) is 9.18 Å². The molecule has 2 aliphatic rings. The fourth-order valence-corrected chi connectivity index (χ4v) is 5.92. The van der Waals surface area contributed by atoms with Gasteiger partial charge in [0.15, 0.2) is 0 Å². The van der Waals surface area contributed by atoms with Crippen LogP contribution in [0.25, 0.3) is 10.9 Å². The standard InChI is InChI=1S/C26H26ClFN2O/c1-25(24(31)30-20-5-2-18(27)3-6-20)13-14-26(25)11-8-17(9-12-26)21-10-15-29-23-7-4-19(28)16-22(21)23/h2-7,10,15-17H,8-9,11-14H2,1H3,(H,30,31)/t17-,25-,26+/m1/s1. The summed E-state index contributed by atoms with van der Waals surface area (Å²) in [6, 6.07) is 14.1. The van der Waals surface area contributed by atoms with E-state index in [0.717, 1.165) is 55.1 Å². The third-order valence-corrected chi connectivity index (χ3v) is 8.25. The summed E-state index contributed by atoms with van der Waals surface area (Å²) in [6.45, 7) is 2.12. The molecule has 1 atom stereocenters. The Kier molecular flexibility index (Phi) is 5.01. The minimum Gasteiger partial charge on any atom is -0.326 e. The summed E-state index contributed by atoms with van der Waals surface area (Å²) in [5, 5.41) is 4.68. The first-order chi connectivity index (χ1) is 14.9. The van der Waals surface area contributed by atoms with E-state index in [2.05, 4.69) is 17.2 Å². The number of aromatic nitrogens is 1. The van der Waals surface area contributed by atoms with Crippen molar-refractivity contribution in [3.63, 3.8) is 0 Å². The van der Waals surface area contributed by atoms with E-state index in [1.807, 2.05) is 24.4 Å². The van der Waals surface area contributed by atoms with Gasteiger partial charge in [0.2, 0.25) is 5.91 Å². The minimum atomic E-state index is -0.357. The van der Waals surface area contributed by atoms with E-state index in [4.69, 9.17) is 11.6 Å². The molecular formula is C26H26ClFN2O. The maximum Gasteiger partial charge on any atom is 0.230 e. The molecule has 1 amide bonds. The summed E-state index contributed by atoms with van der Waals surface area (Å²) in [4.78, 5) is 17.6. The molecule has 1 spiro atoms. The molecule has 0 unspecified atom stereocenters. The lowest BCUT2D eigenvalue weighted by Gasteiger charge is -2.59. The van der Waals surface area contributed by atoms with Crippen LogP contribution in [0.15, 0.2) is 54.7 Å². The minimum absolute atomic E-state index is 0.0497. The van der Waals surface area contributed by atoms with Crippen LogP contribution in [0.3, 0.4) is 0 Å². The fourth-order valence-electron chi connectivity index (χ4n) is 5.79. The summed E-state index contributed by atoms with van der Waals surface area (Å²) in [5.74, 6) is 0.262. The van der Waals surface area contributed by atoms with Crippen LogP contribution in [0.1, 0.15) is 56.9 Å². The van der Waals surface area contributed by atoms with Gasteiger partial charge in [0.25, 0.3) is 0 Å². The number of carbonyl (C=O) groups is 1. The summed E-state index contributed by atoms with van der Waals surface area (Å²) < 4.78 is 13.9. The van der Waals surface area contributed by atoms with Gasteiger partial charge in [0, 0.05) is 22.3 Å². The number of hydrogen-bond donors (Lipinski definition) is 1. The molecule has 1 heterocycles.